The van der Waals surface area contributed by atoms with Crippen molar-refractivity contribution in [1.82, 2.24) is 9.55 Å². The summed E-state index contributed by atoms with van der Waals surface area (Å²) >= 11 is 2.58. The Labute approximate surface area is 118 Å². The van der Waals surface area contributed by atoms with Crippen LogP contribution in [-0.2, 0) is 16.6 Å². The molecule has 0 aliphatic carbocycles. The summed E-state index contributed by atoms with van der Waals surface area (Å²) in [5.74, 6) is -0.159. The third-order valence-corrected chi connectivity index (χ3v) is 4.23. The first-order valence-corrected chi connectivity index (χ1v) is 7.62. The van der Waals surface area contributed by atoms with Crippen LogP contribution in [0.2, 0.25) is 0 Å². The maximum absolute atomic E-state index is 12.0. The highest BCUT2D eigenvalue weighted by atomic mass is 32.2. The highest BCUT2D eigenvalue weighted by Crippen LogP contribution is 2.20. The van der Waals surface area contributed by atoms with Crippen LogP contribution < -0.4 is 5.56 Å². The van der Waals surface area contributed by atoms with Crippen LogP contribution in [0.4, 0.5) is 0 Å². The fourth-order valence-corrected chi connectivity index (χ4v) is 3.08. The lowest BCUT2D eigenvalue weighted by molar-refractivity contribution is -0.144. The Morgan fingerprint density at radius 2 is 2.32 bits per heavy atom. The fourth-order valence-electron chi connectivity index (χ4n) is 1.52. The zero-order valence-corrected chi connectivity index (χ0v) is 12.5. The van der Waals surface area contributed by atoms with E-state index < -0.39 is 0 Å². The first kappa shape index (κ1) is 14.1. The first-order chi connectivity index (χ1) is 8.99. The van der Waals surface area contributed by atoms with E-state index in [2.05, 4.69) is 4.98 Å². The van der Waals surface area contributed by atoms with E-state index in [0.29, 0.717) is 15.4 Å². The van der Waals surface area contributed by atoms with Gasteiger partial charge in [-0.25, -0.2) is 4.98 Å². The Hall–Kier alpha value is -1.34. The lowest BCUT2D eigenvalue weighted by Crippen LogP contribution is -2.20. The van der Waals surface area contributed by atoms with Gasteiger partial charge in [0.1, 0.15) is 4.70 Å². The zero-order valence-electron chi connectivity index (χ0n) is 10.9. The number of hydrogen-bond acceptors (Lipinski definition) is 6. The minimum absolute atomic E-state index is 0.0836. The monoisotopic (exact) mass is 298 g/mol. The van der Waals surface area contributed by atoms with E-state index in [-0.39, 0.29) is 23.4 Å². The van der Waals surface area contributed by atoms with E-state index in [4.69, 9.17) is 4.74 Å². The molecule has 0 atom stereocenters. The average molecular weight is 298 g/mol. The van der Waals surface area contributed by atoms with Crippen molar-refractivity contribution < 1.29 is 9.53 Å². The summed E-state index contributed by atoms with van der Waals surface area (Å²) in [5, 5.41) is 2.36. The van der Waals surface area contributed by atoms with E-state index in [1.54, 1.807) is 27.0 Å². The van der Waals surface area contributed by atoms with Gasteiger partial charge in [0, 0.05) is 7.05 Å². The van der Waals surface area contributed by atoms with Crippen LogP contribution >= 0.6 is 23.1 Å². The molecule has 0 spiro atoms. The van der Waals surface area contributed by atoms with E-state index >= 15 is 0 Å². The van der Waals surface area contributed by atoms with Crippen molar-refractivity contribution in [2.75, 3.05) is 5.75 Å². The van der Waals surface area contributed by atoms with Crippen LogP contribution in [0.5, 0.6) is 0 Å². The summed E-state index contributed by atoms with van der Waals surface area (Å²) in [7, 11) is 1.66. The molecule has 0 saturated heterocycles. The number of nitrogens with zero attached hydrogens (tertiary/aromatic N) is 2. The van der Waals surface area contributed by atoms with Crippen LogP contribution in [0, 0.1) is 0 Å². The summed E-state index contributed by atoms with van der Waals surface area (Å²) in [4.78, 5) is 27.9. The second-order valence-electron chi connectivity index (χ2n) is 4.22. The Morgan fingerprint density at radius 1 is 1.58 bits per heavy atom. The van der Waals surface area contributed by atoms with E-state index in [0.717, 1.165) is 0 Å². The van der Waals surface area contributed by atoms with Crippen molar-refractivity contribution in [3.8, 4) is 0 Å². The smallest absolute Gasteiger partial charge is 0.316 e. The average Bonchev–Trinajstić information content (AvgIpc) is 2.79. The van der Waals surface area contributed by atoms with Gasteiger partial charge in [0.05, 0.1) is 17.4 Å². The number of carbonyl (C=O) groups excluding carboxylic acids is 1. The van der Waals surface area contributed by atoms with Gasteiger partial charge < -0.3 is 4.74 Å². The molecule has 0 unspecified atom stereocenters. The molecule has 0 radical (unpaired) electrons. The Kier molecular flexibility index (Phi) is 4.26. The highest BCUT2D eigenvalue weighted by molar-refractivity contribution is 7.99. The number of thioether (sulfide) groups is 1. The molecule has 7 heteroatoms. The molecule has 2 heterocycles. The number of aromatic nitrogens is 2. The van der Waals surface area contributed by atoms with E-state index in [9.17, 15) is 9.59 Å². The van der Waals surface area contributed by atoms with Crippen molar-refractivity contribution in [2.24, 2.45) is 7.05 Å². The molecule has 2 aromatic heterocycles. The maximum atomic E-state index is 12.0. The normalized spacial score (nSPS) is 11.2. The lowest BCUT2D eigenvalue weighted by Gasteiger charge is -2.09. The molecular weight excluding hydrogens is 284 g/mol. The molecule has 0 amide bonds. The quantitative estimate of drug-likeness (QED) is 0.491. The van der Waals surface area contributed by atoms with Crippen LogP contribution in [-0.4, -0.2) is 27.4 Å². The number of hydrogen-bond donors (Lipinski definition) is 0. The topological polar surface area (TPSA) is 61.2 Å². The van der Waals surface area contributed by atoms with Crippen molar-refractivity contribution in [1.29, 1.82) is 0 Å². The third-order valence-electron chi connectivity index (χ3n) is 2.33. The molecule has 0 saturated carbocycles. The summed E-state index contributed by atoms with van der Waals surface area (Å²) in [6.07, 6.45) is -0.135. The minimum Gasteiger partial charge on any atom is -0.462 e. The number of thiophene rings is 1. The lowest BCUT2D eigenvalue weighted by atomic mass is 10.5. The summed E-state index contributed by atoms with van der Waals surface area (Å²) < 4.78 is 7.14. The molecule has 0 aliphatic heterocycles. The standard InChI is InChI=1S/C12H14N2O3S2/c1-7(2)17-9(15)6-19-12-13-8-4-5-18-10(8)11(16)14(12)3/h4-5,7H,6H2,1-3H3. The van der Waals surface area contributed by atoms with Gasteiger partial charge in [0.2, 0.25) is 0 Å². The number of carbonyl (C=O) groups is 1. The first-order valence-electron chi connectivity index (χ1n) is 5.75. The van der Waals surface area contributed by atoms with Crippen molar-refractivity contribution >= 4 is 39.3 Å². The Bertz CT molecular complexity index is 661. The van der Waals surface area contributed by atoms with Gasteiger partial charge >= 0.3 is 5.97 Å². The summed E-state index contributed by atoms with van der Waals surface area (Å²) in [6, 6.07) is 1.80. The van der Waals surface area contributed by atoms with Crippen LogP contribution in [0.1, 0.15) is 13.8 Å². The van der Waals surface area contributed by atoms with Gasteiger partial charge in [0.25, 0.3) is 5.56 Å². The predicted molar refractivity (Wildman–Crippen MR) is 76.8 cm³/mol. The van der Waals surface area contributed by atoms with E-state index in [1.165, 1.54) is 27.7 Å². The SMILES string of the molecule is CC(C)OC(=O)CSc1nc2ccsc2c(=O)n1C. The van der Waals surface area contributed by atoms with Crippen LogP contribution in [0.15, 0.2) is 21.4 Å². The molecule has 102 valence electrons. The molecule has 2 aromatic rings. The fraction of sp³-hybridized carbons (Fsp3) is 0.417. The van der Waals surface area contributed by atoms with Gasteiger partial charge in [-0.15, -0.1) is 11.3 Å². The number of fused-ring (bicyclic) bond motifs is 1. The molecule has 2 rings (SSSR count). The largest absolute Gasteiger partial charge is 0.462 e. The van der Waals surface area contributed by atoms with Crippen LogP contribution in [0.25, 0.3) is 10.2 Å². The van der Waals surface area contributed by atoms with Gasteiger partial charge in [-0.3, -0.25) is 14.2 Å². The second kappa shape index (κ2) is 5.75. The van der Waals surface area contributed by atoms with Crippen molar-refractivity contribution in [2.45, 2.75) is 25.1 Å². The van der Waals surface area contributed by atoms with Gasteiger partial charge in [-0.1, -0.05) is 11.8 Å². The molecule has 0 aromatic carbocycles. The van der Waals surface area contributed by atoms with Gasteiger partial charge in [0.15, 0.2) is 5.16 Å². The van der Waals surface area contributed by atoms with Crippen LogP contribution in [0.3, 0.4) is 0 Å². The molecule has 0 aliphatic rings. The summed E-state index contributed by atoms with van der Waals surface area (Å²) in [5.41, 5.74) is 0.590. The predicted octanol–water partition coefficient (Wildman–Crippen LogP) is 2.04. The minimum atomic E-state index is -0.306. The number of ether oxygens (including phenoxy) is 1. The van der Waals surface area contributed by atoms with Crippen molar-refractivity contribution in [3.63, 3.8) is 0 Å². The molecule has 19 heavy (non-hydrogen) atoms. The Morgan fingerprint density at radius 3 is 3.00 bits per heavy atom. The molecule has 0 N–H and O–H groups in total. The van der Waals surface area contributed by atoms with Gasteiger partial charge in [-0.05, 0) is 25.3 Å². The maximum Gasteiger partial charge on any atom is 0.316 e. The molecular formula is C12H14N2O3S2. The second-order valence-corrected chi connectivity index (χ2v) is 6.08. The number of rotatable bonds is 4. The summed E-state index contributed by atoms with van der Waals surface area (Å²) in [6.45, 7) is 3.60. The van der Waals surface area contributed by atoms with E-state index in [1.807, 2.05) is 5.38 Å². The van der Waals surface area contributed by atoms with Gasteiger partial charge in [-0.2, -0.15) is 0 Å². The third kappa shape index (κ3) is 3.16. The Balaban J connectivity index is 2.19. The number of esters is 1. The molecule has 0 fully saturated rings. The van der Waals surface area contributed by atoms with Crippen molar-refractivity contribution in [3.05, 3.63) is 21.8 Å². The molecule has 0 bridgehead atoms. The molecule has 5 nitrogen and oxygen atoms in total. The zero-order chi connectivity index (χ0) is 14.0. The highest BCUT2D eigenvalue weighted by Gasteiger charge is 2.12.